The number of aryl methyl sites for hydroxylation is 1. The van der Waals surface area contributed by atoms with Gasteiger partial charge in [0.1, 0.15) is 0 Å². The molecule has 0 atom stereocenters. The molecule has 3 aromatic carbocycles. The van der Waals surface area contributed by atoms with Crippen LogP contribution in [0.3, 0.4) is 0 Å². The van der Waals surface area contributed by atoms with Crippen molar-refractivity contribution in [2.75, 3.05) is 21.5 Å². The van der Waals surface area contributed by atoms with Crippen LogP contribution in [-0.4, -0.2) is 26.8 Å². The zero-order valence-electron chi connectivity index (χ0n) is 17.5. The van der Waals surface area contributed by atoms with E-state index in [-0.39, 0.29) is 22.1 Å². The van der Waals surface area contributed by atoms with Crippen molar-refractivity contribution in [3.8, 4) is 0 Å². The molecule has 7 nitrogen and oxygen atoms in total. The summed E-state index contributed by atoms with van der Waals surface area (Å²) < 4.78 is 28.0. The van der Waals surface area contributed by atoms with E-state index in [1.807, 2.05) is 6.92 Å². The molecule has 0 bridgehead atoms. The molecular weight excluding hydrogens is 426 g/mol. The molecule has 0 aromatic heterocycles. The van der Waals surface area contributed by atoms with Crippen molar-refractivity contribution in [2.45, 2.75) is 24.7 Å². The lowest BCUT2D eigenvalue weighted by molar-refractivity contribution is -0.117. The highest BCUT2D eigenvalue weighted by molar-refractivity contribution is 7.92. The van der Waals surface area contributed by atoms with Gasteiger partial charge >= 0.3 is 0 Å². The summed E-state index contributed by atoms with van der Waals surface area (Å²) in [5.41, 5.74) is 2.66. The second-order valence-electron chi connectivity index (χ2n) is 7.61. The third-order valence-electron chi connectivity index (χ3n) is 5.26. The minimum atomic E-state index is -3.85. The van der Waals surface area contributed by atoms with E-state index in [0.717, 1.165) is 17.7 Å². The molecule has 1 aliphatic heterocycles. The Morgan fingerprint density at radius 2 is 1.62 bits per heavy atom. The van der Waals surface area contributed by atoms with Crippen LogP contribution in [0.1, 0.15) is 28.8 Å². The molecule has 0 unspecified atom stereocenters. The summed E-state index contributed by atoms with van der Waals surface area (Å²) in [5.74, 6) is -0.353. The fourth-order valence-corrected chi connectivity index (χ4v) is 4.62. The first-order valence-corrected chi connectivity index (χ1v) is 11.7. The molecule has 4 rings (SSSR count). The van der Waals surface area contributed by atoms with Crippen LogP contribution in [0.15, 0.2) is 77.7 Å². The van der Waals surface area contributed by atoms with Crippen LogP contribution < -0.4 is 14.9 Å². The third kappa shape index (κ3) is 4.65. The molecule has 2 amide bonds. The molecule has 2 N–H and O–H groups in total. The van der Waals surface area contributed by atoms with Crippen LogP contribution >= 0.6 is 0 Å². The lowest BCUT2D eigenvalue weighted by Crippen LogP contribution is -2.23. The maximum atomic E-state index is 12.9. The van der Waals surface area contributed by atoms with Crippen molar-refractivity contribution in [1.82, 2.24) is 0 Å². The predicted octanol–water partition coefficient (Wildman–Crippen LogP) is 4.17. The second kappa shape index (κ2) is 8.84. The van der Waals surface area contributed by atoms with E-state index in [9.17, 15) is 18.0 Å². The Morgan fingerprint density at radius 3 is 2.28 bits per heavy atom. The molecule has 0 radical (unpaired) electrons. The van der Waals surface area contributed by atoms with Gasteiger partial charge in [-0.1, -0.05) is 29.8 Å². The van der Waals surface area contributed by atoms with Gasteiger partial charge in [0.15, 0.2) is 0 Å². The van der Waals surface area contributed by atoms with Crippen molar-refractivity contribution in [3.05, 3.63) is 83.9 Å². The first kappa shape index (κ1) is 21.6. The predicted molar refractivity (Wildman–Crippen MR) is 124 cm³/mol. The van der Waals surface area contributed by atoms with E-state index < -0.39 is 15.9 Å². The molecule has 1 saturated heterocycles. The van der Waals surface area contributed by atoms with E-state index in [4.69, 9.17) is 0 Å². The summed E-state index contributed by atoms with van der Waals surface area (Å²) in [6, 6.07) is 19.9. The molecule has 0 saturated carbocycles. The van der Waals surface area contributed by atoms with Gasteiger partial charge in [0.05, 0.1) is 16.1 Å². The molecule has 8 heteroatoms. The standard InChI is InChI=1S/C24H23N3O4S/c1-17-8-14-20(15-9-17)32(30,31)26-22-6-3-2-5-21(22)24(29)25-18-10-12-19(13-11-18)27-16-4-7-23(27)28/h2-3,5-6,8-15,26H,4,7,16H2,1H3,(H,25,29). The Bertz CT molecular complexity index is 1250. The number of anilines is 3. The molecule has 3 aromatic rings. The third-order valence-corrected chi connectivity index (χ3v) is 6.64. The van der Waals surface area contributed by atoms with Gasteiger partial charge in [0.25, 0.3) is 15.9 Å². The van der Waals surface area contributed by atoms with Gasteiger partial charge in [-0.15, -0.1) is 0 Å². The van der Waals surface area contributed by atoms with Gasteiger partial charge in [-0.3, -0.25) is 14.3 Å². The fourth-order valence-electron chi connectivity index (χ4n) is 3.54. The molecule has 0 aliphatic carbocycles. The summed E-state index contributed by atoms with van der Waals surface area (Å²) in [5, 5.41) is 2.78. The molecule has 164 valence electrons. The molecule has 0 spiro atoms. The van der Waals surface area contributed by atoms with Crippen LogP contribution in [0.5, 0.6) is 0 Å². The summed E-state index contributed by atoms with van der Waals surface area (Å²) in [7, 11) is -3.85. The van der Waals surface area contributed by atoms with Crippen LogP contribution in [-0.2, 0) is 14.8 Å². The smallest absolute Gasteiger partial charge is 0.261 e. The highest BCUT2D eigenvalue weighted by atomic mass is 32.2. The van der Waals surface area contributed by atoms with E-state index in [1.165, 1.54) is 12.1 Å². The number of carbonyl (C=O) groups excluding carboxylic acids is 2. The van der Waals surface area contributed by atoms with Gasteiger partial charge in [0.2, 0.25) is 5.91 Å². The van der Waals surface area contributed by atoms with Crippen LogP contribution in [0.4, 0.5) is 17.1 Å². The van der Waals surface area contributed by atoms with Gasteiger partial charge in [-0.25, -0.2) is 8.42 Å². The largest absolute Gasteiger partial charge is 0.322 e. The van der Waals surface area contributed by atoms with E-state index in [1.54, 1.807) is 65.6 Å². The average molecular weight is 450 g/mol. The number of sulfonamides is 1. The van der Waals surface area contributed by atoms with E-state index in [2.05, 4.69) is 10.0 Å². The summed E-state index contributed by atoms with van der Waals surface area (Å²) in [4.78, 5) is 26.6. The second-order valence-corrected chi connectivity index (χ2v) is 9.30. The maximum absolute atomic E-state index is 12.9. The minimum Gasteiger partial charge on any atom is -0.322 e. The SMILES string of the molecule is Cc1ccc(S(=O)(=O)Nc2ccccc2C(=O)Nc2ccc(N3CCCC3=O)cc2)cc1. The quantitative estimate of drug-likeness (QED) is 0.590. The Morgan fingerprint density at radius 1 is 0.938 bits per heavy atom. The minimum absolute atomic E-state index is 0.0940. The number of benzene rings is 3. The zero-order chi connectivity index (χ0) is 22.7. The highest BCUT2D eigenvalue weighted by Gasteiger charge is 2.22. The highest BCUT2D eigenvalue weighted by Crippen LogP contribution is 2.25. The lowest BCUT2D eigenvalue weighted by Gasteiger charge is -2.16. The number of nitrogens with one attached hydrogen (secondary N) is 2. The maximum Gasteiger partial charge on any atom is 0.261 e. The van der Waals surface area contributed by atoms with Crippen molar-refractivity contribution in [3.63, 3.8) is 0 Å². The van der Waals surface area contributed by atoms with Crippen molar-refractivity contribution in [1.29, 1.82) is 0 Å². The number of hydrogen-bond donors (Lipinski definition) is 2. The lowest BCUT2D eigenvalue weighted by atomic mass is 10.1. The Balaban J connectivity index is 1.51. The Labute approximate surface area is 187 Å². The summed E-state index contributed by atoms with van der Waals surface area (Å²) in [6.45, 7) is 2.57. The van der Waals surface area contributed by atoms with Gasteiger partial charge in [-0.2, -0.15) is 0 Å². The monoisotopic (exact) mass is 449 g/mol. The van der Waals surface area contributed by atoms with Crippen molar-refractivity contribution < 1.29 is 18.0 Å². The number of para-hydroxylation sites is 1. The fraction of sp³-hybridized carbons (Fsp3) is 0.167. The Hall–Kier alpha value is -3.65. The van der Waals surface area contributed by atoms with Crippen LogP contribution in [0.2, 0.25) is 0 Å². The van der Waals surface area contributed by atoms with Crippen molar-refractivity contribution in [2.24, 2.45) is 0 Å². The summed E-state index contributed by atoms with van der Waals surface area (Å²) in [6.07, 6.45) is 1.39. The molecular formula is C24H23N3O4S. The molecule has 1 aliphatic rings. The topological polar surface area (TPSA) is 95.6 Å². The normalized spacial score (nSPS) is 13.8. The van der Waals surface area contributed by atoms with Gasteiger partial charge in [-0.05, 0) is 61.9 Å². The van der Waals surface area contributed by atoms with Gasteiger partial charge in [0, 0.05) is 24.3 Å². The molecule has 1 fully saturated rings. The number of amides is 2. The number of nitrogens with zero attached hydrogens (tertiary/aromatic N) is 1. The van der Waals surface area contributed by atoms with Crippen LogP contribution in [0.25, 0.3) is 0 Å². The van der Waals surface area contributed by atoms with Gasteiger partial charge < -0.3 is 10.2 Å². The molecule has 32 heavy (non-hydrogen) atoms. The first-order valence-electron chi connectivity index (χ1n) is 10.2. The Kier molecular flexibility index (Phi) is 5.96. The summed E-state index contributed by atoms with van der Waals surface area (Å²) >= 11 is 0. The average Bonchev–Trinajstić information content (AvgIpc) is 3.20. The number of carbonyl (C=O) groups is 2. The van der Waals surface area contributed by atoms with E-state index >= 15 is 0 Å². The zero-order valence-corrected chi connectivity index (χ0v) is 18.4. The van der Waals surface area contributed by atoms with Crippen LogP contribution in [0, 0.1) is 6.92 Å². The van der Waals surface area contributed by atoms with E-state index in [0.29, 0.717) is 18.7 Å². The first-order chi connectivity index (χ1) is 15.3. The molecule has 1 heterocycles. The number of hydrogen-bond acceptors (Lipinski definition) is 4. The number of rotatable bonds is 6. The van der Waals surface area contributed by atoms with Crippen molar-refractivity contribution >= 4 is 38.9 Å².